The van der Waals surface area contributed by atoms with E-state index in [0.717, 1.165) is 0 Å². The van der Waals surface area contributed by atoms with Crippen LogP contribution in [-0.2, 0) is 6.54 Å². The zero-order chi connectivity index (χ0) is 7.56. The smallest absolute Gasteiger partial charge is 0.543 e. The van der Waals surface area contributed by atoms with Crippen molar-refractivity contribution in [1.29, 1.82) is 0 Å². The minimum Gasteiger partial charge on any atom is -0.543 e. The van der Waals surface area contributed by atoms with Crippen LogP contribution in [0.2, 0.25) is 0 Å². The van der Waals surface area contributed by atoms with Gasteiger partial charge in [0.2, 0.25) is 0 Å². The Morgan fingerprint density at radius 1 is 1.73 bits per heavy atom. The number of hydrogen-bond acceptors (Lipinski definition) is 2. The number of aromatic carboxylic acids is 1. The molecule has 0 aromatic carbocycles. The number of carboxylic acid groups (broad SMARTS) is 1. The molecule has 0 radical (unpaired) electrons. The van der Waals surface area contributed by atoms with Gasteiger partial charge in [-0.25, -0.2) is 0 Å². The van der Waals surface area contributed by atoms with Gasteiger partial charge >= 0.3 is 29.6 Å². The third-order valence-corrected chi connectivity index (χ3v) is 1.38. The van der Waals surface area contributed by atoms with Gasteiger partial charge in [0.25, 0.3) is 0 Å². The van der Waals surface area contributed by atoms with Crippen LogP contribution >= 0.6 is 0 Å². The molecule has 4 heteroatoms. The molecule has 0 atom stereocenters. The van der Waals surface area contributed by atoms with E-state index in [0.29, 0.717) is 6.54 Å². The number of aromatic nitrogens is 1. The summed E-state index contributed by atoms with van der Waals surface area (Å²) in [5.41, 5.74) is 0.238. The van der Waals surface area contributed by atoms with E-state index in [1.165, 1.54) is 6.07 Å². The minimum atomic E-state index is -1.12. The summed E-state index contributed by atoms with van der Waals surface area (Å²) in [7, 11) is 0. The molecule has 0 spiro atoms. The second-order valence-corrected chi connectivity index (χ2v) is 1.97. The van der Waals surface area contributed by atoms with Crippen LogP contribution in [0, 0.1) is 0 Å². The van der Waals surface area contributed by atoms with Gasteiger partial charge in [0, 0.05) is 12.7 Å². The zero-order valence-corrected chi connectivity index (χ0v) is 8.70. The molecule has 0 fully saturated rings. The number of carboxylic acids is 1. The van der Waals surface area contributed by atoms with Crippen molar-refractivity contribution >= 4 is 5.97 Å². The molecule has 0 saturated heterocycles. The first-order chi connectivity index (χ1) is 4.75. The summed E-state index contributed by atoms with van der Waals surface area (Å²) >= 11 is 0. The number of hydrogen-bond donors (Lipinski definition) is 0. The molecule has 54 valence electrons. The van der Waals surface area contributed by atoms with Crippen LogP contribution in [0.1, 0.15) is 17.4 Å². The molecule has 0 aliphatic heterocycles. The summed E-state index contributed by atoms with van der Waals surface area (Å²) in [6, 6.07) is 3.22. The predicted molar refractivity (Wildman–Crippen MR) is 34.4 cm³/mol. The van der Waals surface area contributed by atoms with Crippen LogP contribution in [0.25, 0.3) is 0 Å². The Morgan fingerprint density at radius 2 is 2.36 bits per heavy atom. The fourth-order valence-electron chi connectivity index (χ4n) is 0.875. The quantitative estimate of drug-likeness (QED) is 0.431. The Morgan fingerprint density at radius 3 is 2.73 bits per heavy atom. The van der Waals surface area contributed by atoms with E-state index < -0.39 is 5.97 Å². The SMILES string of the molecule is CCn1cccc1C(=O)[O-].[Na+]. The summed E-state index contributed by atoms with van der Waals surface area (Å²) in [5.74, 6) is -1.12. The van der Waals surface area contributed by atoms with Crippen molar-refractivity contribution in [2.45, 2.75) is 13.5 Å². The summed E-state index contributed by atoms with van der Waals surface area (Å²) < 4.78 is 1.62. The molecule has 0 aliphatic carbocycles. The van der Waals surface area contributed by atoms with Crippen molar-refractivity contribution in [2.75, 3.05) is 0 Å². The number of carbonyl (C=O) groups is 1. The Labute approximate surface area is 87.3 Å². The number of nitrogens with zero attached hydrogens (tertiary/aromatic N) is 1. The van der Waals surface area contributed by atoms with Crippen molar-refractivity contribution in [3.63, 3.8) is 0 Å². The summed E-state index contributed by atoms with van der Waals surface area (Å²) in [6.45, 7) is 2.54. The second-order valence-electron chi connectivity index (χ2n) is 1.97. The average Bonchev–Trinajstić information content (AvgIpc) is 2.33. The van der Waals surface area contributed by atoms with E-state index >= 15 is 0 Å². The molecule has 1 rings (SSSR count). The first-order valence-electron chi connectivity index (χ1n) is 3.12. The molecule has 3 nitrogen and oxygen atoms in total. The van der Waals surface area contributed by atoms with Crippen LogP contribution < -0.4 is 34.7 Å². The first kappa shape index (κ1) is 10.8. The second kappa shape index (κ2) is 4.59. The van der Waals surface area contributed by atoms with Crippen LogP contribution in [0.3, 0.4) is 0 Å². The van der Waals surface area contributed by atoms with E-state index in [9.17, 15) is 9.90 Å². The maximum atomic E-state index is 10.3. The Bertz CT molecular complexity index is 244. The molecule has 0 saturated carbocycles. The molecule has 1 heterocycles. The fourth-order valence-corrected chi connectivity index (χ4v) is 0.875. The molecule has 0 unspecified atom stereocenters. The number of carbonyl (C=O) groups excluding carboxylic acids is 1. The number of aryl methyl sites for hydroxylation is 1. The molecule has 0 amide bonds. The molecule has 1 aromatic rings. The van der Waals surface area contributed by atoms with Crippen molar-refractivity contribution in [3.8, 4) is 0 Å². The van der Waals surface area contributed by atoms with Gasteiger partial charge in [-0.2, -0.15) is 0 Å². The third kappa shape index (κ3) is 2.36. The monoisotopic (exact) mass is 161 g/mol. The van der Waals surface area contributed by atoms with Crippen molar-refractivity contribution in [3.05, 3.63) is 24.0 Å². The average molecular weight is 161 g/mol. The Hall–Kier alpha value is -0.250. The molecule has 0 bridgehead atoms. The van der Waals surface area contributed by atoms with Gasteiger partial charge in [0.15, 0.2) is 0 Å². The third-order valence-electron chi connectivity index (χ3n) is 1.38. The fraction of sp³-hybridized carbons (Fsp3) is 0.286. The van der Waals surface area contributed by atoms with Gasteiger partial charge < -0.3 is 14.5 Å². The van der Waals surface area contributed by atoms with Crippen molar-refractivity contribution in [1.82, 2.24) is 4.57 Å². The van der Waals surface area contributed by atoms with Gasteiger partial charge in [-0.1, -0.05) is 0 Å². The molecule has 1 aromatic heterocycles. The molecular formula is C7H8NNaO2. The molecule has 0 aliphatic rings. The summed E-state index contributed by atoms with van der Waals surface area (Å²) in [5, 5.41) is 10.3. The summed E-state index contributed by atoms with van der Waals surface area (Å²) in [4.78, 5) is 10.3. The first-order valence-corrected chi connectivity index (χ1v) is 3.12. The van der Waals surface area contributed by atoms with Crippen LogP contribution in [0.15, 0.2) is 18.3 Å². The number of rotatable bonds is 2. The van der Waals surface area contributed by atoms with Gasteiger partial charge in [0.05, 0.1) is 11.7 Å². The van der Waals surface area contributed by atoms with E-state index in [2.05, 4.69) is 0 Å². The zero-order valence-electron chi connectivity index (χ0n) is 6.70. The molecule has 0 N–H and O–H groups in total. The van der Waals surface area contributed by atoms with E-state index in [4.69, 9.17) is 0 Å². The maximum Gasteiger partial charge on any atom is 1.00 e. The largest absolute Gasteiger partial charge is 1.00 e. The topological polar surface area (TPSA) is 45.1 Å². The van der Waals surface area contributed by atoms with Gasteiger partial charge in [0.1, 0.15) is 0 Å². The van der Waals surface area contributed by atoms with Gasteiger partial charge in [-0.15, -0.1) is 0 Å². The van der Waals surface area contributed by atoms with Crippen LogP contribution in [-0.4, -0.2) is 10.5 Å². The standard InChI is InChI=1S/C7H9NO2.Na/c1-2-8-5-3-4-6(8)7(9)10;/h3-5H,2H2,1H3,(H,9,10);/q;+1/p-1. The van der Waals surface area contributed by atoms with E-state index in [-0.39, 0.29) is 35.3 Å². The van der Waals surface area contributed by atoms with Crippen molar-refractivity contribution in [2.24, 2.45) is 0 Å². The van der Waals surface area contributed by atoms with Crippen LogP contribution in [0.4, 0.5) is 0 Å². The van der Waals surface area contributed by atoms with E-state index in [1.807, 2.05) is 6.92 Å². The minimum absolute atomic E-state index is 0. The Kier molecular flexibility index (Phi) is 4.49. The van der Waals surface area contributed by atoms with Gasteiger partial charge in [-0.05, 0) is 19.1 Å². The maximum absolute atomic E-state index is 10.3. The Balaban J connectivity index is 0.000001000. The normalized spacial score (nSPS) is 8.82. The predicted octanol–water partition coefficient (Wildman–Crippen LogP) is -3.12. The summed E-state index contributed by atoms with van der Waals surface area (Å²) in [6.07, 6.45) is 1.71. The van der Waals surface area contributed by atoms with Crippen molar-refractivity contribution < 1.29 is 39.5 Å². The van der Waals surface area contributed by atoms with Crippen LogP contribution in [0.5, 0.6) is 0 Å². The van der Waals surface area contributed by atoms with E-state index in [1.54, 1.807) is 16.8 Å². The van der Waals surface area contributed by atoms with Gasteiger partial charge in [-0.3, -0.25) is 0 Å². The molecular weight excluding hydrogens is 153 g/mol. The molecule has 11 heavy (non-hydrogen) atoms.